The molecule has 0 spiro atoms. The first-order chi connectivity index (χ1) is 7.08. The molecule has 1 N–H and O–H groups in total. The summed E-state index contributed by atoms with van der Waals surface area (Å²) in [5.41, 5.74) is 0.493. The molecule has 1 heterocycles. The number of benzene rings is 1. The number of alkyl carbamates (subject to hydrolysis) is 1. The van der Waals surface area contributed by atoms with Gasteiger partial charge in [0.1, 0.15) is 6.10 Å². The molecule has 15 heavy (non-hydrogen) atoms. The Labute approximate surface area is 85.0 Å². The molecule has 2 rings (SSSR count). The lowest BCUT2D eigenvalue weighted by molar-refractivity contribution is 0.141. The lowest BCUT2D eigenvalue weighted by Crippen LogP contribution is -2.21. The number of hydrogen-bond acceptors (Lipinski definition) is 2. The van der Waals surface area contributed by atoms with Gasteiger partial charge in [-0.3, -0.25) is 0 Å². The molecule has 1 saturated heterocycles. The predicted molar refractivity (Wildman–Crippen MR) is 48.2 cm³/mol. The summed E-state index contributed by atoms with van der Waals surface area (Å²) in [6, 6.07) is 3.09. The van der Waals surface area contributed by atoms with Crippen LogP contribution in [0.15, 0.2) is 18.2 Å². The zero-order valence-electron chi connectivity index (χ0n) is 7.96. The fraction of sp³-hybridized carbons (Fsp3) is 0.300. The van der Waals surface area contributed by atoms with Crippen LogP contribution in [0.1, 0.15) is 18.5 Å². The molecule has 1 aromatic carbocycles. The van der Waals surface area contributed by atoms with Crippen molar-refractivity contribution in [2.24, 2.45) is 0 Å². The fourth-order valence-electron chi connectivity index (χ4n) is 1.58. The minimum Gasteiger partial charge on any atom is -0.444 e. The van der Waals surface area contributed by atoms with Gasteiger partial charge in [0.25, 0.3) is 0 Å². The van der Waals surface area contributed by atoms with Gasteiger partial charge in [-0.05, 0) is 24.6 Å². The Morgan fingerprint density at radius 3 is 2.60 bits per heavy atom. The third-order valence-corrected chi connectivity index (χ3v) is 2.34. The highest BCUT2D eigenvalue weighted by Crippen LogP contribution is 2.25. The van der Waals surface area contributed by atoms with Gasteiger partial charge in [-0.1, -0.05) is 6.07 Å². The maximum Gasteiger partial charge on any atom is 0.408 e. The number of ether oxygens (including phenoxy) is 1. The number of rotatable bonds is 1. The van der Waals surface area contributed by atoms with Crippen molar-refractivity contribution in [1.82, 2.24) is 5.32 Å². The van der Waals surface area contributed by atoms with Crippen molar-refractivity contribution < 1.29 is 18.3 Å². The van der Waals surface area contributed by atoms with E-state index in [1.807, 2.05) is 0 Å². The zero-order valence-corrected chi connectivity index (χ0v) is 7.96. The average molecular weight is 213 g/mol. The third kappa shape index (κ3) is 1.77. The third-order valence-electron chi connectivity index (χ3n) is 2.34. The molecule has 0 bridgehead atoms. The maximum absolute atomic E-state index is 12.9. The van der Waals surface area contributed by atoms with Crippen LogP contribution in [0.25, 0.3) is 0 Å². The molecule has 5 heteroatoms. The molecule has 3 nitrogen and oxygen atoms in total. The Morgan fingerprint density at radius 1 is 1.33 bits per heavy atom. The van der Waals surface area contributed by atoms with E-state index in [0.717, 1.165) is 12.1 Å². The summed E-state index contributed by atoms with van der Waals surface area (Å²) >= 11 is 0. The highest BCUT2D eigenvalue weighted by Gasteiger charge is 2.31. The van der Waals surface area contributed by atoms with Gasteiger partial charge in [-0.2, -0.15) is 0 Å². The molecule has 0 saturated carbocycles. The number of halogens is 2. The maximum atomic E-state index is 12.9. The summed E-state index contributed by atoms with van der Waals surface area (Å²) in [7, 11) is 0. The largest absolute Gasteiger partial charge is 0.444 e. The van der Waals surface area contributed by atoms with E-state index in [-0.39, 0.29) is 6.10 Å². The molecule has 80 valence electrons. The minimum atomic E-state index is -0.930. The molecular weight excluding hydrogens is 204 g/mol. The van der Waals surface area contributed by atoms with Gasteiger partial charge in [0.05, 0.1) is 6.04 Å². The van der Waals surface area contributed by atoms with Crippen molar-refractivity contribution in [3.05, 3.63) is 35.4 Å². The first-order valence-corrected chi connectivity index (χ1v) is 4.50. The molecule has 1 fully saturated rings. The highest BCUT2D eigenvalue weighted by atomic mass is 19.2. The van der Waals surface area contributed by atoms with Gasteiger partial charge in [-0.25, -0.2) is 13.6 Å². The van der Waals surface area contributed by atoms with Gasteiger partial charge in [0, 0.05) is 0 Å². The summed E-state index contributed by atoms with van der Waals surface area (Å²) in [5, 5.41) is 2.52. The fourth-order valence-corrected chi connectivity index (χ4v) is 1.58. The lowest BCUT2D eigenvalue weighted by Gasteiger charge is -2.12. The van der Waals surface area contributed by atoms with Crippen molar-refractivity contribution in [2.75, 3.05) is 0 Å². The number of amides is 1. The summed E-state index contributed by atoms with van der Waals surface area (Å²) in [6.45, 7) is 1.68. The second-order valence-electron chi connectivity index (χ2n) is 3.41. The van der Waals surface area contributed by atoms with Crippen LogP contribution in [-0.2, 0) is 4.74 Å². The number of carbonyl (C=O) groups is 1. The Kier molecular flexibility index (Phi) is 2.30. The van der Waals surface area contributed by atoms with E-state index < -0.39 is 23.8 Å². The zero-order chi connectivity index (χ0) is 11.0. The normalized spacial score (nSPS) is 24.9. The van der Waals surface area contributed by atoms with E-state index in [4.69, 9.17) is 4.74 Å². The van der Waals surface area contributed by atoms with Crippen LogP contribution in [0.2, 0.25) is 0 Å². The molecule has 0 aliphatic carbocycles. The molecule has 1 aliphatic rings. The highest BCUT2D eigenvalue weighted by molar-refractivity contribution is 5.70. The Hall–Kier alpha value is -1.65. The van der Waals surface area contributed by atoms with Crippen molar-refractivity contribution >= 4 is 6.09 Å². The van der Waals surface area contributed by atoms with E-state index >= 15 is 0 Å². The van der Waals surface area contributed by atoms with Gasteiger partial charge >= 0.3 is 6.09 Å². The molecule has 2 unspecified atom stereocenters. The van der Waals surface area contributed by atoms with Crippen molar-refractivity contribution in [3.8, 4) is 0 Å². The van der Waals surface area contributed by atoms with Crippen LogP contribution in [0, 0.1) is 11.6 Å². The molecular formula is C10H9F2NO2. The Balaban J connectivity index is 2.30. The van der Waals surface area contributed by atoms with Crippen LogP contribution in [0.4, 0.5) is 13.6 Å². The van der Waals surface area contributed by atoms with Crippen LogP contribution < -0.4 is 5.32 Å². The number of nitrogens with one attached hydrogen (secondary N) is 1. The second kappa shape index (κ2) is 3.49. The van der Waals surface area contributed by atoms with Crippen LogP contribution in [0.3, 0.4) is 0 Å². The van der Waals surface area contributed by atoms with E-state index in [1.54, 1.807) is 6.92 Å². The molecule has 1 aliphatic heterocycles. The Morgan fingerprint density at radius 2 is 2.07 bits per heavy atom. The SMILES string of the molecule is CC1OC(=O)NC1c1ccc(F)c(F)c1. The summed E-state index contributed by atoms with van der Waals surface area (Å²) < 4.78 is 30.4. The van der Waals surface area contributed by atoms with Crippen LogP contribution in [0.5, 0.6) is 0 Å². The van der Waals surface area contributed by atoms with E-state index in [2.05, 4.69) is 5.32 Å². The first-order valence-electron chi connectivity index (χ1n) is 4.50. The number of hydrogen-bond donors (Lipinski definition) is 1. The topological polar surface area (TPSA) is 38.3 Å². The number of cyclic esters (lactones) is 1. The van der Waals surface area contributed by atoms with Crippen molar-refractivity contribution in [2.45, 2.75) is 19.1 Å². The average Bonchev–Trinajstić information content (AvgIpc) is 2.50. The van der Waals surface area contributed by atoms with Gasteiger partial charge < -0.3 is 10.1 Å². The second-order valence-corrected chi connectivity index (χ2v) is 3.41. The monoisotopic (exact) mass is 213 g/mol. The standard InChI is InChI=1S/C10H9F2NO2/c1-5-9(13-10(14)15-5)6-2-3-7(11)8(12)4-6/h2-5,9H,1H3,(H,13,14). The summed E-state index contributed by atoms with van der Waals surface area (Å²) in [5.74, 6) is -1.84. The molecule has 0 aromatic heterocycles. The molecule has 0 radical (unpaired) electrons. The minimum absolute atomic E-state index is 0.387. The van der Waals surface area contributed by atoms with Crippen LogP contribution in [-0.4, -0.2) is 12.2 Å². The smallest absolute Gasteiger partial charge is 0.408 e. The van der Waals surface area contributed by atoms with Crippen molar-refractivity contribution in [3.63, 3.8) is 0 Å². The molecule has 2 atom stereocenters. The lowest BCUT2D eigenvalue weighted by atomic mass is 10.0. The summed E-state index contributed by atoms with van der Waals surface area (Å²) in [6.07, 6.45) is -0.931. The van der Waals surface area contributed by atoms with E-state index in [1.165, 1.54) is 6.07 Å². The van der Waals surface area contributed by atoms with Crippen LogP contribution >= 0.6 is 0 Å². The van der Waals surface area contributed by atoms with Gasteiger partial charge in [-0.15, -0.1) is 0 Å². The molecule has 1 amide bonds. The number of carbonyl (C=O) groups excluding carboxylic acids is 1. The van der Waals surface area contributed by atoms with Crippen molar-refractivity contribution in [1.29, 1.82) is 0 Å². The van der Waals surface area contributed by atoms with Gasteiger partial charge in [0.2, 0.25) is 0 Å². The Bertz CT molecular complexity index is 408. The molecule has 1 aromatic rings. The first kappa shape index (κ1) is 9.89. The predicted octanol–water partition coefficient (Wildman–Crippen LogP) is 2.13. The summed E-state index contributed by atoms with van der Waals surface area (Å²) in [4.78, 5) is 10.9. The van der Waals surface area contributed by atoms with E-state index in [0.29, 0.717) is 5.56 Å². The van der Waals surface area contributed by atoms with E-state index in [9.17, 15) is 13.6 Å². The van der Waals surface area contributed by atoms with Gasteiger partial charge in [0.15, 0.2) is 11.6 Å². The quantitative estimate of drug-likeness (QED) is 0.776.